The van der Waals surface area contributed by atoms with Crippen LogP contribution < -0.4 is 5.32 Å². The third kappa shape index (κ3) is 4.64. The number of nitrogens with one attached hydrogen (secondary N) is 1. The predicted molar refractivity (Wildman–Crippen MR) is 86.6 cm³/mol. The van der Waals surface area contributed by atoms with Gasteiger partial charge in [0.2, 0.25) is 10.0 Å². The van der Waals surface area contributed by atoms with Gasteiger partial charge in [0.25, 0.3) is 5.69 Å². The number of benzene rings is 1. The van der Waals surface area contributed by atoms with Crippen LogP contribution in [0.15, 0.2) is 24.3 Å². The summed E-state index contributed by atoms with van der Waals surface area (Å²) in [5.74, 6) is 0.235. The molecular weight excluding hydrogens is 330 g/mol. The first-order valence-electron chi connectivity index (χ1n) is 6.78. The first-order chi connectivity index (χ1) is 9.92. The van der Waals surface area contributed by atoms with Crippen LogP contribution in [0.25, 0.3) is 0 Å². The number of rotatable bonds is 6. The highest BCUT2D eigenvalue weighted by atomic mass is 35.5. The average molecular weight is 350 g/mol. The minimum absolute atomic E-state index is 0. The van der Waals surface area contributed by atoms with Crippen LogP contribution in [0.3, 0.4) is 0 Å². The van der Waals surface area contributed by atoms with Gasteiger partial charge in [-0.2, -0.15) is 0 Å². The van der Waals surface area contributed by atoms with Gasteiger partial charge in [-0.25, -0.2) is 12.7 Å². The van der Waals surface area contributed by atoms with Crippen molar-refractivity contribution in [2.45, 2.75) is 12.2 Å². The topological polar surface area (TPSA) is 92.6 Å². The zero-order chi connectivity index (χ0) is 15.5. The Bertz CT molecular complexity index is 606. The minimum atomic E-state index is -3.36. The first kappa shape index (κ1) is 18.8. The molecule has 2 rings (SSSR count). The SMILES string of the molecule is CNCC1CCN(S(=O)(=O)Cc2ccc([N+](=O)[O-])cc2)C1.Cl. The summed E-state index contributed by atoms with van der Waals surface area (Å²) in [5.41, 5.74) is 0.532. The van der Waals surface area contributed by atoms with Gasteiger partial charge in [-0.15, -0.1) is 12.4 Å². The first-order valence-corrected chi connectivity index (χ1v) is 8.39. The molecule has 1 saturated heterocycles. The summed E-state index contributed by atoms with van der Waals surface area (Å²) in [6.07, 6.45) is 0.861. The number of nitrogens with zero attached hydrogens (tertiary/aromatic N) is 2. The summed E-state index contributed by atoms with van der Waals surface area (Å²) in [7, 11) is -1.51. The van der Waals surface area contributed by atoms with Gasteiger partial charge in [0.05, 0.1) is 10.7 Å². The Balaban J connectivity index is 0.00000242. The summed E-state index contributed by atoms with van der Waals surface area (Å²) >= 11 is 0. The number of sulfonamides is 1. The van der Waals surface area contributed by atoms with Crippen molar-refractivity contribution in [2.24, 2.45) is 5.92 Å². The Kier molecular flexibility index (Phi) is 6.73. The maximum absolute atomic E-state index is 12.3. The molecule has 1 aromatic rings. The number of hydrogen-bond donors (Lipinski definition) is 1. The van der Waals surface area contributed by atoms with Gasteiger partial charge in [-0.3, -0.25) is 10.1 Å². The molecule has 0 saturated carbocycles. The van der Waals surface area contributed by atoms with Crippen LogP contribution in [0.2, 0.25) is 0 Å². The monoisotopic (exact) mass is 349 g/mol. The Morgan fingerprint density at radius 3 is 2.55 bits per heavy atom. The number of hydrogen-bond acceptors (Lipinski definition) is 5. The van der Waals surface area contributed by atoms with Crippen molar-refractivity contribution in [3.63, 3.8) is 0 Å². The van der Waals surface area contributed by atoms with E-state index >= 15 is 0 Å². The summed E-state index contributed by atoms with van der Waals surface area (Å²) in [6.45, 7) is 1.89. The van der Waals surface area contributed by atoms with E-state index < -0.39 is 14.9 Å². The molecular formula is C13H20ClN3O4S. The zero-order valence-corrected chi connectivity index (χ0v) is 13.9. The van der Waals surface area contributed by atoms with E-state index in [2.05, 4.69) is 5.32 Å². The Morgan fingerprint density at radius 2 is 2.00 bits per heavy atom. The van der Waals surface area contributed by atoms with Crippen LogP contribution in [0.5, 0.6) is 0 Å². The molecule has 0 radical (unpaired) electrons. The summed E-state index contributed by atoms with van der Waals surface area (Å²) in [4.78, 5) is 10.1. The highest BCUT2D eigenvalue weighted by Gasteiger charge is 2.30. The van der Waals surface area contributed by atoms with Crippen LogP contribution in [-0.2, 0) is 15.8 Å². The quantitative estimate of drug-likeness (QED) is 0.618. The Labute approximate surface area is 136 Å². The lowest BCUT2D eigenvalue weighted by Crippen LogP contribution is -2.31. The minimum Gasteiger partial charge on any atom is -0.319 e. The van der Waals surface area contributed by atoms with Gasteiger partial charge >= 0.3 is 0 Å². The Morgan fingerprint density at radius 1 is 1.36 bits per heavy atom. The molecule has 0 amide bonds. The number of nitro groups is 1. The maximum atomic E-state index is 12.3. The average Bonchev–Trinajstić information content (AvgIpc) is 2.89. The molecule has 0 spiro atoms. The molecule has 1 atom stereocenters. The van der Waals surface area contributed by atoms with Gasteiger partial charge in [0.1, 0.15) is 0 Å². The van der Waals surface area contributed by atoms with E-state index in [-0.39, 0.29) is 23.8 Å². The molecule has 0 bridgehead atoms. The van der Waals surface area contributed by atoms with Crippen molar-refractivity contribution in [1.82, 2.24) is 9.62 Å². The molecule has 1 aliphatic rings. The van der Waals surface area contributed by atoms with Crippen LogP contribution in [-0.4, -0.2) is 44.3 Å². The van der Waals surface area contributed by atoms with Crippen LogP contribution >= 0.6 is 12.4 Å². The molecule has 22 heavy (non-hydrogen) atoms. The molecule has 1 unspecified atom stereocenters. The number of nitro benzene ring substituents is 1. The molecule has 1 heterocycles. The van der Waals surface area contributed by atoms with E-state index in [0.29, 0.717) is 24.6 Å². The maximum Gasteiger partial charge on any atom is 0.269 e. The molecule has 0 aromatic heterocycles. The van der Waals surface area contributed by atoms with E-state index in [1.807, 2.05) is 7.05 Å². The predicted octanol–water partition coefficient (Wildman–Crippen LogP) is 1.39. The van der Waals surface area contributed by atoms with Gasteiger partial charge in [-0.05, 0) is 31.5 Å². The van der Waals surface area contributed by atoms with Gasteiger partial charge in [0.15, 0.2) is 0 Å². The molecule has 1 fully saturated rings. The second-order valence-corrected chi connectivity index (χ2v) is 7.22. The summed E-state index contributed by atoms with van der Waals surface area (Å²) in [5, 5.41) is 13.6. The molecule has 1 aliphatic heterocycles. The van der Waals surface area contributed by atoms with Crippen molar-refractivity contribution < 1.29 is 13.3 Å². The second kappa shape index (κ2) is 7.87. The normalized spacial score (nSPS) is 18.9. The van der Waals surface area contributed by atoms with Crippen molar-refractivity contribution >= 4 is 28.1 Å². The van der Waals surface area contributed by atoms with Crippen molar-refractivity contribution in [1.29, 1.82) is 0 Å². The molecule has 1 aromatic carbocycles. The van der Waals surface area contributed by atoms with Crippen molar-refractivity contribution in [2.75, 3.05) is 26.7 Å². The lowest BCUT2D eigenvalue weighted by atomic mass is 10.1. The van der Waals surface area contributed by atoms with Crippen LogP contribution in [0.1, 0.15) is 12.0 Å². The van der Waals surface area contributed by atoms with E-state index in [1.165, 1.54) is 28.6 Å². The summed E-state index contributed by atoms with van der Waals surface area (Å²) < 4.78 is 26.2. The third-order valence-electron chi connectivity index (χ3n) is 3.63. The molecule has 1 N–H and O–H groups in total. The zero-order valence-electron chi connectivity index (χ0n) is 12.3. The van der Waals surface area contributed by atoms with E-state index in [1.54, 1.807) is 0 Å². The summed E-state index contributed by atoms with van der Waals surface area (Å²) in [6, 6.07) is 5.66. The second-order valence-electron chi connectivity index (χ2n) is 5.25. The lowest BCUT2D eigenvalue weighted by molar-refractivity contribution is -0.384. The van der Waals surface area contributed by atoms with E-state index in [4.69, 9.17) is 0 Å². The fourth-order valence-electron chi connectivity index (χ4n) is 2.52. The van der Waals surface area contributed by atoms with Gasteiger partial charge in [-0.1, -0.05) is 12.1 Å². The fourth-order valence-corrected chi connectivity index (χ4v) is 4.14. The fraction of sp³-hybridized carbons (Fsp3) is 0.538. The smallest absolute Gasteiger partial charge is 0.269 e. The molecule has 0 aliphatic carbocycles. The standard InChI is InChI=1S/C13H19N3O4S.ClH/c1-14-8-12-6-7-15(9-12)21(19,20)10-11-2-4-13(5-3-11)16(17)18;/h2-5,12,14H,6-10H2,1H3;1H. The Hall–Kier alpha value is -1.22. The van der Waals surface area contributed by atoms with Crippen LogP contribution in [0, 0.1) is 16.0 Å². The van der Waals surface area contributed by atoms with E-state index in [9.17, 15) is 18.5 Å². The van der Waals surface area contributed by atoms with Crippen LogP contribution in [0.4, 0.5) is 5.69 Å². The van der Waals surface area contributed by atoms with Crippen molar-refractivity contribution in [3.05, 3.63) is 39.9 Å². The number of halogens is 1. The molecule has 9 heteroatoms. The highest BCUT2D eigenvalue weighted by Crippen LogP contribution is 2.22. The third-order valence-corrected chi connectivity index (χ3v) is 5.45. The van der Waals surface area contributed by atoms with Gasteiger partial charge in [0, 0.05) is 25.2 Å². The number of non-ortho nitro benzene ring substituents is 1. The largest absolute Gasteiger partial charge is 0.319 e. The van der Waals surface area contributed by atoms with E-state index in [0.717, 1.165) is 13.0 Å². The molecule has 124 valence electrons. The lowest BCUT2D eigenvalue weighted by Gasteiger charge is -2.16. The van der Waals surface area contributed by atoms with Gasteiger partial charge < -0.3 is 5.32 Å². The highest BCUT2D eigenvalue weighted by molar-refractivity contribution is 7.88. The molecule has 7 nitrogen and oxygen atoms in total. The van der Waals surface area contributed by atoms with Crippen molar-refractivity contribution in [3.8, 4) is 0 Å².